The Labute approximate surface area is 184 Å². The monoisotopic (exact) mass is 500 g/mol. The molecule has 7 nitrogen and oxygen atoms in total. The molecule has 0 bridgehead atoms. The molecule has 182 valence electrons. The number of halogens is 6. The van der Waals surface area contributed by atoms with Crippen molar-refractivity contribution < 1.29 is 44.9 Å². The van der Waals surface area contributed by atoms with Crippen molar-refractivity contribution in [3.05, 3.63) is 57.6 Å². The Morgan fingerprint density at radius 1 is 0.939 bits per heavy atom. The molecule has 33 heavy (non-hydrogen) atoms. The van der Waals surface area contributed by atoms with Gasteiger partial charge in [0.15, 0.2) is 0 Å². The number of nitro benzene ring substituents is 1. The fourth-order valence-electron chi connectivity index (χ4n) is 3.00. The summed E-state index contributed by atoms with van der Waals surface area (Å²) >= 11 is 0. The van der Waals surface area contributed by atoms with E-state index in [-0.39, 0.29) is 19.3 Å². The van der Waals surface area contributed by atoms with Crippen LogP contribution in [-0.2, 0) is 26.0 Å². The summed E-state index contributed by atoms with van der Waals surface area (Å²) in [5.41, 5.74) is -6.19. The van der Waals surface area contributed by atoms with E-state index in [0.29, 0.717) is 12.1 Å². The quantitative estimate of drug-likeness (QED) is 0.174. The number of benzene rings is 2. The molecule has 0 atom stereocenters. The second-order valence-corrected chi connectivity index (χ2v) is 8.55. The Balaban J connectivity index is 2.74. The van der Waals surface area contributed by atoms with E-state index in [1.54, 1.807) is 0 Å². The molecule has 0 heterocycles. The van der Waals surface area contributed by atoms with Gasteiger partial charge >= 0.3 is 19.9 Å². The van der Waals surface area contributed by atoms with Crippen molar-refractivity contribution in [3.8, 4) is 11.1 Å². The van der Waals surface area contributed by atoms with Gasteiger partial charge in [-0.3, -0.25) is 14.7 Å². The molecule has 0 spiro atoms. The molecule has 2 rings (SSSR count). The molecule has 2 aromatic carbocycles. The zero-order valence-electron chi connectivity index (χ0n) is 17.3. The van der Waals surface area contributed by atoms with E-state index < -0.39 is 64.8 Å². The van der Waals surface area contributed by atoms with E-state index in [1.165, 1.54) is 13.8 Å². The van der Waals surface area contributed by atoms with E-state index in [0.717, 1.165) is 18.2 Å². The van der Waals surface area contributed by atoms with Crippen LogP contribution < -0.4 is 5.32 Å². The smallest absolute Gasteiger partial charge is 0.373 e. The lowest BCUT2D eigenvalue weighted by atomic mass is 9.95. The summed E-state index contributed by atoms with van der Waals surface area (Å²) < 4.78 is 104. The van der Waals surface area contributed by atoms with Crippen molar-refractivity contribution in [3.63, 3.8) is 0 Å². The highest BCUT2D eigenvalue weighted by Crippen LogP contribution is 2.50. The molecule has 0 fully saturated rings. The maximum Gasteiger partial charge on any atom is 0.418 e. The summed E-state index contributed by atoms with van der Waals surface area (Å²) in [7, 11) is -3.90. The summed E-state index contributed by atoms with van der Waals surface area (Å²) in [5, 5.41) is 13.7. The first-order valence-corrected chi connectivity index (χ1v) is 11.1. The second kappa shape index (κ2) is 10.1. The van der Waals surface area contributed by atoms with Gasteiger partial charge in [0.1, 0.15) is 6.29 Å². The predicted octanol–water partition coefficient (Wildman–Crippen LogP) is 6.93. The van der Waals surface area contributed by atoms with Gasteiger partial charge in [-0.25, -0.2) is 0 Å². The average Bonchev–Trinajstić information content (AvgIpc) is 2.70. The van der Waals surface area contributed by atoms with Crippen molar-refractivity contribution in [2.75, 3.05) is 24.8 Å². The average molecular weight is 500 g/mol. The van der Waals surface area contributed by atoms with Gasteiger partial charge in [-0.05, 0) is 26.0 Å². The molecule has 1 N–H and O–H groups in total. The lowest BCUT2D eigenvalue weighted by Gasteiger charge is -2.21. The normalized spacial score (nSPS) is 12.6. The lowest BCUT2D eigenvalue weighted by molar-refractivity contribution is -0.384. The number of hydrogen-bond acceptors (Lipinski definition) is 6. The van der Waals surface area contributed by atoms with E-state index >= 15 is 0 Å². The van der Waals surface area contributed by atoms with Gasteiger partial charge in [-0.15, -0.1) is 0 Å². The summed E-state index contributed by atoms with van der Waals surface area (Å²) in [4.78, 5) is 10.3. The van der Waals surface area contributed by atoms with E-state index in [4.69, 9.17) is 9.05 Å². The molecule has 0 aliphatic heterocycles. The Morgan fingerprint density at radius 2 is 1.48 bits per heavy atom. The Bertz CT molecular complexity index is 1050. The molecule has 14 heteroatoms. The molecule has 0 saturated heterocycles. The Morgan fingerprint density at radius 3 is 1.97 bits per heavy atom. The third-order valence-electron chi connectivity index (χ3n) is 4.28. The largest absolute Gasteiger partial charge is 0.418 e. The highest BCUT2D eigenvalue weighted by molar-refractivity contribution is 7.53. The number of hydrogen-bond donors (Lipinski definition) is 1. The number of alkyl halides is 6. The van der Waals surface area contributed by atoms with Crippen LogP contribution in [0.5, 0.6) is 0 Å². The van der Waals surface area contributed by atoms with Crippen molar-refractivity contribution in [1.82, 2.24) is 0 Å². The Kier molecular flexibility index (Phi) is 8.15. The van der Waals surface area contributed by atoms with Crippen LogP contribution >= 0.6 is 7.60 Å². The van der Waals surface area contributed by atoms with Crippen molar-refractivity contribution in [1.29, 1.82) is 0 Å². The fraction of sp³-hybridized carbons (Fsp3) is 0.368. The first-order chi connectivity index (χ1) is 15.2. The Hall–Kier alpha value is -2.63. The molecule has 0 aliphatic rings. The van der Waals surface area contributed by atoms with Gasteiger partial charge in [0.05, 0.1) is 34.8 Å². The van der Waals surface area contributed by atoms with Crippen LogP contribution in [0.2, 0.25) is 0 Å². The zero-order chi connectivity index (χ0) is 25.0. The maximum absolute atomic E-state index is 13.6. The fourth-order valence-corrected chi connectivity index (χ4v) is 4.41. The van der Waals surface area contributed by atoms with Gasteiger partial charge in [0, 0.05) is 17.3 Å². The van der Waals surface area contributed by atoms with E-state index in [9.17, 15) is 41.0 Å². The van der Waals surface area contributed by atoms with Crippen LogP contribution in [0.1, 0.15) is 25.0 Å². The van der Waals surface area contributed by atoms with Crippen LogP contribution in [-0.4, -0.2) is 24.4 Å². The minimum absolute atomic E-state index is 0.0877. The van der Waals surface area contributed by atoms with Gasteiger partial charge < -0.3 is 14.4 Å². The van der Waals surface area contributed by atoms with Crippen LogP contribution in [0.25, 0.3) is 11.1 Å². The highest BCUT2D eigenvalue weighted by Gasteiger charge is 2.39. The SMILES string of the molecule is CCOP(=O)(CNc1cc(-c2ccccc2C(F)(F)F)c([N+](=O)[O-])cc1C(F)(F)F)OCC. The van der Waals surface area contributed by atoms with Crippen LogP contribution in [0.3, 0.4) is 0 Å². The van der Waals surface area contributed by atoms with Crippen LogP contribution in [0.15, 0.2) is 36.4 Å². The third-order valence-corrected chi connectivity index (χ3v) is 6.12. The standard InChI is InChI=1S/C19H19F6N2O5P/c1-3-31-33(30,32-4-2)11-26-16-9-13(12-7-5-6-8-14(12)18(20,21)22)17(27(28)29)10-15(16)19(23,24)25/h5-10,26H,3-4,11H2,1-2H3. The third kappa shape index (κ3) is 6.46. The molecule has 0 saturated carbocycles. The highest BCUT2D eigenvalue weighted by atomic mass is 31.2. The predicted molar refractivity (Wildman–Crippen MR) is 108 cm³/mol. The molecule has 0 radical (unpaired) electrons. The lowest BCUT2D eigenvalue weighted by Crippen LogP contribution is -2.15. The van der Waals surface area contributed by atoms with Gasteiger partial charge in [-0.1, -0.05) is 18.2 Å². The molecular weight excluding hydrogens is 481 g/mol. The summed E-state index contributed by atoms with van der Waals surface area (Å²) in [6, 6.07) is 4.49. The van der Waals surface area contributed by atoms with Crippen LogP contribution in [0, 0.1) is 10.1 Å². The van der Waals surface area contributed by atoms with Crippen molar-refractivity contribution in [2.24, 2.45) is 0 Å². The van der Waals surface area contributed by atoms with Gasteiger partial charge in [-0.2, -0.15) is 26.3 Å². The summed E-state index contributed by atoms with van der Waals surface area (Å²) in [5.74, 6) is 0. The summed E-state index contributed by atoms with van der Waals surface area (Å²) in [6.07, 6.45) is -10.8. The van der Waals surface area contributed by atoms with Gasteiger partial charge in [0.2, 0.25) is 0 Å². The minimum atomic E-state index is -5.11. The first kappa shape index (κ1) is 26.6. The number of nitrogens with one attached hydrogen (secondary N) is 1. The van der Waals surface area contributed by atoms with Crippen LogP contribution in [0.4, 0.5) is 37.7 Å². The summed E-state index contributed by atoms with van der Waals surface area (Å²) in [6.45, 7) is 2.78. The number of anilines is 1. The van der Waals surface area contributed by atoms with E-state index in [1.807, 2.05) is 0 Å². The maximum atomic E-state index is 13.6. The molecule has 0 amide bonds. The van der Waals surface area contributed by atoms with Crippen molar-refractivity contribution >= 4 is 19.0 Å². The first-order valence-electron chi connectivity index (χ1n) is 9.41. The van der Waals surface area contributed by atoms with Gasteiger partial charge in [0.25, 0.3) is 5.69 Å². The second-order valence-electron chi connectivity index (χ2n) is 6.49. The van der Waals surface area contributed by atoms with Crippen molar-refractivity contribution in [2.45, 2.75) is 26.2 Å². The molecule has 0 aliphatic carbocycles. The molecule has 0 unspecified atom stereocenters. The molecule has 0 aromatic heterocycles. The van der Waals surface area contributed by atoms with E-state index in [2.05, 4.69) is 5.32 Å². The minimum Gasteiger partial charge on any atom is -0.373 e. The number of nitro groups is 1. The topological polar surface area (TPSA) is 90.7 Å². The molecule has 2 aromatic rings. The molecular formula is C19H19F6N2O5P. The zero-order valence-corrected chi connectivity index (χ0v) is 18.2. The number of rotatable bonds is 9. The number of nitrogens with zero attached hydrogens (tertiary/aromatic N) is 1.